The van der Waals surface area contributed by atoms with Gasteiger partial charge >= 0.3 is 0 Å². The van der Waals surface area contributed by atoms with E-state index in [9.17, 15) is 4.79 Å². The van der Waals surface area contributed by atoms with Crippen LogP contribution in [0.3, 0.4) is 0 Å². The highest BCUT2D eigenvalue weighted by atomic mass is 35.5. The van der Waals surface area contributed by atoms with E-state index in [-0.39, 0.29) is 11.8 Å². The third kappa shape index (κ3) is 3.98. The van der Waals surface area contributed by atoms with Crippen molar-refractivity contribution in [2.45, 2.75) is 36.7 Å². The maximum Gasteiger partial charge on any atom is 0.197 e. The summed E-state index contributed by atoms with van der Waals surface area (Å²) in [5.41, 5.74) is 1.97. The molecule has 0 fully saturated rings. The van der Waals surface area contributed by atoms with E-state index < -0.39 is 0 Å². The molecule has 0 aliphatic rings. The van der Waals surface area contributed by atoms with Gasteiger partial charge in [-0.3, -0.25) is 9.48 Å². The highest BCUT2D eigenvalue weighted by Gasteiger charge is 2.24. The van der Waals surface area contributed by atoms with E-state index in [1.54, 1.807) is 6.07 Å². The van der Waals surface area contributed by atoms with Gasteiger partial charge in [-0.2, -0.15) is 5.10 Å². The van der Waals surface area contributed by atoms with Crippen molar-refractivity contribution in [3.05, 3.63) is 75.4 Å². The smallest absolute Gasteiger partial charge is 0.197 e. The maximum absolute atomic E-state index is 13.1. The monoisotopic (exact) mass is 404 g/mol. The predicted molar refractivity (Wildman–Crippen MR) is 108 cm³/mol. The molecule has 0 saturated heterocycles. The molecule has 0 saturated carbocycles. The standard InChI is InChI=1S/C20H18Cl2N2OS/c1-12(2)24-20(26-17-10-15(21)9-16(22)11-17)18(13(3)23-24)19(25)14-7-5-4-6-8-14/h4-12H,1-3H3. The summed E-state index contributed by atoms with van der Waals surface area (Å²) in [5, 5.41) is 6.52. The number of hydrogen-bond donors (Lipinski definition) is 0. The summed E-state index contributed by atoms with van der Waals surface area (Å²) in [6.07, 6.45) is 0. The van der Waals surface area contributed by atoms with Crippen molar-refractivity contribution < 1.29 is 4.79 Å². The Morgan fingerprint density at radius 3 is 2.27 bits per heavy atom. The minimum atomic E-state index is -0.0365. The largest absolute Gasteiger partial charge is 0.288 e. The molecule has 2 aromatic carbocycles. The molecular weight excluding hydrogens is 387 g/mol. The first kappa shape index (κ1) is 19.0. The van der Waals surface area contributed by atoms with Gasteiger partial charge in [-0.15, -0.1) is 0 Å². The summed E-state index contributed by atoms with van der Waals surface area (Å²) in [7, 11) is 0. The van der Waals surface area contributed by atoms with Gasteiger partial charge in [-0.25, -0.2) is 0 Å². The molecule has 0 aliphatic heterocycles. The van der Waals surface area contributed by atoms with Crippen LogP contribution in [-0.2, 0) is 0 Å². The molecular formula is C20H18Cl2N2OS. The first-order valence-electron chi connectivity index (χ1n) is 8.19. The van der Waals surface area contributed by atoms with Crippen molar-refractivity contribution in [1.82, 2.24) is 9.78 Å². The van der Waals surface area contributed by atoms with Gasteiger partial charge < -0.3 is 0 Å². The van der Waals surface area contributed by atoms with E-state index in [1.807, 2.05) is 67.9 Å². The molecule has 0 radical (unpaired) electrons. The number of hydrogen-bond acceptors (Lipinski definition) is 3. The molecule has 0 unspecified atom stereocenters. The Balaban J connectivity index is 2.11. The number of carbonyl (C=O) groups is 1. The molecule has 3 aromatic rings. The Kier molecular flexibility index (Phi) is 5.76. The molecule has 3 rings (SSSR count). The van der Waals surface area contributed by atoms with Crippen LogP contribution in [0.1, 0.15) is 41.5 Å². The third-order valence-corrected chi connectivity index (χ3v) is 5.34. The average Bonchev–Trinajstić information content (AvgIpc) is 2.90. The van der Waals surface area contributed by atoms with Gasteiger partial charge in [0, 0.05) is 26.5 Å². The van der Waals surface area contributed by atoms with Gasteiger partial charge in [0.25, 0.3) is 0 Å². The fraction of sp³-hybridized carbons (Fsp3) is 0.200. The number of nitrogens with zero attached hydrogens (tertiary/aromatic N) is 2. The van der Waals surface area contributed by atoms with Crippen LogP contribution in [0.2, 0.25) is 10.0 Å². The van der Waals surface area contributed by atoms with Gasteiger partial charge in [0.15, 0.2) is 5.78 Å². The van der Waals surface area contributed by atoms with E-state index >= 15 is 0 Å². The van der Waals surface area contributed by atoms with Gasteiger partial charge in [0.05, 0.1) is 11.3 Å². The Hall–Kier alpha value is -1.75. The molecule has 6 heteroatoms. The Bertz CT molecular complexity index is 932. The van der Waals surface area contributed by atoms with Crippen LogP contribution < -0.4 is 0 Å². The predicted octanol–water partition coefficient (Wildman–Crippen LogP) is 6.46. The molecule has 0 bridgehead atoms. The molecule has 26 heavy (non-hydrogen) atoms. The van der Waals surface area contributed by atoms with Crippen LogP contribution in [0.15, 0.2) is 58.5 Å². The number of aryl methyl sites for hydroxylation is 1. The van der Waals surface area contributed by atoms with Gasteiger partial charge in [-0.1, -0.05) is 65.3 Å². The van der Waals surface area contributed by atoms with Crippen molar-refractivity contribution in [2.75, 3.05) is 0 Å². The zero-order chi connectivity index (χ0) is 18.8. The minimum absolute atomic E-state index is 0.0365. The number of aromatic nitrogens is 2. The molecule has 1 heterocycles. The average molecular weight is 405 g/mol. The summed E-state index contributed by atoms with van der Waals surface area (Å²) >= 11 is 13.7. The normalized spacial score (nSPS) is 11.2. The van der Waals surface area contributed by atoms with Gasteiger partial charge in [0.2, 0.25) is 0 Å². The Labute approximate surface area is 167 Å². The lowest BCUT2D eigenvalue weighted by Gasteiger charge is -2.12. The second kappa shape index (κ2) is 7.87. The summed E-state index contributed by atoms with van der Waals surface area (Å²) in [6, 6.07) is 14.7. The van der Waals surface area contributed by atoms with E-state index in [0.717, 1.165) is 9.92 Å². The summed E-state index contributed by atoms with van der Waals surface area (Å²) in [5.74, 6) is -0.0365. The highest BCUT2D eigenvalue weighted by molar-refractivity contribution is 7.99. The second-order valence-corrected chi connectivity index (χ2v) is 8.14. The number of benzene rings is 2. The number of carbonyl (C=O) groups excluding carboxylic acids is 1. The van der Waals surface area contributed by atoms with E-state index in [2.05, 4.69) is 5.10 Å². The fourth-order valence-electron chi connectivity index (χ4n) is 2.67. The van der Waals surface area contributed by atoms with Crippen molar-refractivity contribution in [3.63, 3.8) is 0 Å². The molecule has 0 N–H and O–H groups in total. The van der Waals surface area contributed by atoms with E-state index in [0.29, 0.717) is 26.9 Å². The Morgan fingerprint density at radius 1 is 1.08 bits per heavy atom. The van der Waals surface area contributed by atoms with Crippen molar-refractivity contribution in [1.29, 1.82) is 0 Å². The quantitative estimate of drug-likeness (QED) is 0.457. The molecule has 1 aromatic heterocycles. The van der Waals surface area contributed by atoms with Crippen LogP contribution >= 0.6 is 35.0 Å². The first-order chi connectivity index (χ1) is 12.4. The van der Waals surface area contributed by atoms with Gasteiger partial charge in [-0.05, 0) is 39.0 Å². The fourth-order valence-corrected chi connectivity index (χ4v) is 4.61. The highest BCUT2D eigenvalue weighted by Crippen LogP contribution is 2.37. The lowest BCUT2D eigenvalue weighted by Crippen LogP contribution is -2.07. The van der Waals surface area contributed by atoms with Crippen molar-refractivity contribution in [2.24, 2.45) is 0 Å². The maximum atomic E-state index is 13.1. The van der Waals surface area contributed by atoms with Crippen molar-refractivity contribution >= 4 is 40.7 Å². The molecule has 0 atom stereocenters. The summed E-state index contributed by atoms with van der Waals surface area (Å²) < 4.78 is 1.88. The van der Waals surface area contributed by atoms with E-state index in [4.69, 9.17) is 23.2 Å². The molecule has 0 amide bonds. The number of rotatable bonds is 5. The number of halogens is 2. The summed E-state index contributed by atoms with van der Waals surface area (Å²) in [4.78, 5) is 14.0. The lowest BCUT2D eigenvalue weighted by atomic mass is 10.0. The molecule has 0 aliphatic carbocycles. The van der Waals surface area contributed by atoms with Crippen LogP contribution in [-0.4, -0.2) is 15.6 Å². The first-order valence-corrected chi connectivity index (χ1v) is 9.77. The molecule has 3 nitrogen and oxygen atoms in total. The zero-order valence-electron chi connectivity index (χ0n) is 14.7. The Morgan fingerprint density at radius 2 is 1.69 bits per heavy atom. The van der Waals surface area contributed by atoms with Crippen LogP contribution in [0.4, 0.5) is 0 Å². The second-order valence-electron chi connectivity index (χ2n) is 6.21. The number of ketones is 1. The topological polar surface area (TPSA) is 34.9 Å². The van der Waals surface area contributed by atoms with Crippen LogP contribution in [0.5, 0.6) is 0 Å². The molecule has 0 spiro atoms. The lowest BCUT2D eigenvalue weighted by molar-refractivity contribution is 0.103. The minimum Gasteiger partial charge on any atom is -0.288 e. The molecule has 134 valence electrons. The van der Waals surface area contributed by atoms with E-state index in [1.165, 1.54) is 11.8 Å². The van der Waals surface area contributed by atoms with Gasteiger partial charge in [0.1, 0.15) is 5.03 Å². The SMILES string of the molecule is Cc1nn(C(C)C)c(Sc2cc(Cl)cc(Cl)c2)c1C(=O)c1ccccc1. The van der Waals surface area contributed by atoms with Crippen LogP contribution in [0.25, 0.3) is 0 Å². The third-order valence-electron chi connectivity index (χ3n) is 3.84. The van der Waals surface area contributed by atoms with Crippen LogP contribution in [0, 0.1) is 6.92 Å². The summed E-state index contributed by atoms with van der Waals surface area (Å²) in [6.45, 7) is 5.94. The zero-order valence-corrected chi connectivity index (χ0v) is 17.0. The van der Waals surface area contributed by atoms with Crippen molar-refractivity contribution in [3.8, 4) is 0 Å².